The Morgan fingerprint density at radius 1 is 1.31 bits per heavy atom. The van der Waals surface area contributed by atoms with Gasteiger partial charge >= 0.3 is 6.18 Å². The highest BCUT2D eigenvalue weighted by Gasteiger charge is 2.34. The van der Waals surface area contributed by atoms with E-state index >= 15 is 0 Å². The minimum absolute atomic E-state index is 0.103. The third-order valence-electron chi connectivity index (χ3n) is 4.46. The first-order valence-electron chi connectivity index (χ1n) is 8.35. The fourth-order valence-corrected chi connectivity index (χ4v) is 3.05. The summed E-state index contributed by atoms with van der Waals surface area (Å²) in [5.74, 6) is -0.548. The molecule has 140 valence electrons. The molecule has 0 saturated heterocycles. The van der Waals surface area contributed by atoms with Crippen LogP contribution in [0.2, 0.25) is 0 Å². The van der Waals surface area contributed by atoms with Gasteiger partial charge in [-0.15, -0.1) is 0 Å². The first kappa shape index (κ1) is 18.6. The van der Waals surface area contributed by atoms with Gasteiger partial charge in [0.25, 0.3) is 5.56 Å². The van der Waals surface area contributed by atoms with Gasteiger partial charge in [-0.3, -0.25) is 9.69 Å². The molecule has 0 fully saturated rings. The lowest BCUT2D eigenvalue weighted by atomic mass is 10.0. The highest BCUT2D eigenvalue weighted by molar-refractivity contribution is 5.28. The van der Waals surface area contributed by atoms with Crippen molar-refractivity contribution >= 4 is 0 Å². The Morgan fingerprint density at radius 3 is 2.69 bits per heavy atom. The second-order valence-corrected chi connectivity index (χ2v) is 6.80. The molecular formula is C18H19F4N3O. The zero-order valence-electron chi connectivity index (χ0n) is 14.5. The van der Waals surface area contributed by atoms with Crippen molar-refractivity contribution < 1.29 is 17.6 Å². The quantitative estimate of drug-likeness (QED) is 0.841. The van der Waals surface area contributed by atoms with Crippen molar-refractivity contribution in [3.63, 3.8) is 0 Å². The molecule has 26 heavy (non-hydrogen) atoms. The van der Waals surface area contributed by atoms with Crippen LogP contribution >= 0.6 is 0 Å². The summed E-state index contributed by atoms with van der Waals surface area (Å²) < 4.78 is 52.0. The zero-order chi connectivity index (χ0) is 19.1. The third-order valence-corrected chi connectivity index (χ3v) is 4.46. The Kier molecular flexibility index (Phi) is 4.88. The van der Waals surface area contributed by atoms with E-state index in [9.17, 15) is 22.4 Å². The average Bonchev–Trinajstić information content (AvgIpc) is 2.56. The summed E-state index contributed by atoms with van der Waals surface area (Å²) in [5, 5.41) is 0. The van der Waals surface area contributed by atoms with Crippen molar-refractivity contribution in [2.45, 2.75) is 45.5 Å². The van der Waals surface area contributed by atoms with Crippen LogP contribution in [-0.2, 0) is 25.7 Å². The maximum absolute atomic E-state index is 13.4. The van der Waals surface area contributed by atoms with E-state index < -0.39 is 17.6 Å². The van der Waals surface area contributed by atoms with E-state index in [1.54, 1.807) is 0 Å². The third kappa shape index (κ3) is 3.80. The summed E-state index contributed by atoms with van der Waals surface area (Å²) in [6, 6.07) is 3.00. The summed E-state index contributed by atoms with van der Waals surface area (Å²) in [4.78, 5) is 21.4. The summed E-state index contributed by atoms with van der Waals surface area (Å²) >= 11 is 0. The molecule has 0 saturated carbocycles. The number of H-pyrrole nitrogens is 1. The van der Waals surface area contributed by atoms with E-state index in [4.69, 9.17) is 0 Å². The van der Waals surface area contributed by atoms with E-state index in [0.29, 0.717) is 36.5 Å². The molecule has 0 unspecified atom stereocenters. The van der Waals surface area contributed by atoms with Gasteiger partial charge in [0, 0.05) is 32.0 Å². The van der Waals surface area contributed by atoms with Crippen LogP contribution in [0.1, 0.15) is 48.0 Å². The fourth-order valence-electron chi connectivity index (χ4n) is 3.05. The topological polar surface area (TPSA) is 49.0 Å². The standard InChI is InChI=1S/C18H19F4N3O/c1-10(2)16-23-15-5-6-25(9-12(15)17(26)24-16)8-11-3-4-14(19)13(7-11)18(20,21)22/h3-4,7,10H,5-6,8-9H2,1-2H3,(H,23,24,26). The van der Waals surface area contributed by atoms with Crippen molar-refractivity contribution in [2.75, 3.05) is 6.54 Å². The van der Waals surface area contributed by atoms with Crippen molar-refractivity contribution in [1.82, 2.24) is 14.9 Å². The van der Waals surface area contributed by atoms with Crippen LogP contribution in [0.15, 0.2) is 23.0 Å². The van der Waals surface area contributed by atoms with Gasteiger partial charge in [0.2, 0.25) is 0 Å². The Morgan fingerprint density at radius 2 is 2.04 bits per heavy atom. The van der Waals surface area contributed by atoms with Gasteiger partial charge in [0.05, 0.1) is 16.8 Å². The minimum atomic E-state index is -4.73. The van der Waals surface area contributed by atoms with Crippen molar-refractivity contribution in [1.29, 1.82) is 0 Å². The number of hydrogen-bond acceptors (Lipinski definition) is 3. The molecule has 0 spiro atoms. The number of aromatic amines is 1. The Balaban J connectivity index is 1.81. The lowest BCUT2D eigenvalue weighted by molar-refractivity contribution is -0.140. The van der Waals surface area contributed by atoms with Crippen LogP contribution in [0.3, 0.4) is 0 Å². The molecule has 8 heteroatoms. The summed E-state index contributed by atoms with van der Waals surface area (Å²) in [7, 11) is 0. The largest absolute Gasteiger partial charge is 0.419 e. The molecule has 2 aromatic rings. The van der Waals surface area contributed by atoms with Crippen LogP contribution in [0.5, 0.6) is 0 Å². The molecule has 0 aliphatic carbocycles. The number of halogens is 4. The van der Waals surface area contributed by atoms with Crippen molar-refractivity contribution in [3.8, 4) is 0 Å². The number of aromatic nitrogens is 2. The first-order valence-corrected chi connectivity index (χ1v) is 8.35. The van der Waals surface area contributed by atoms with Gasteiger partial charge in [-0.05, 0) is 17.7 Å². The summed E-state index contributed by atoms with van der Waals surface area (Å²) in [5.41, 5.74) is 0.153. The van der Waals surface area contributed by atoms with Gasteiger partial charge in [0.1, 0.15) is 11.6 Å². The minimum Gasteiger partial charge on any atom is -0.310 e. The molecule has 2 heterocycles. The van der Waals surface area contributed by atoms with E-state index in [1.807, 2.05) is 18.7 Å². The molecule has 0 amide bonds. The number of alkyl halides is 3. The molecule has 4 nitrogen and oxygen atoms in total. The monoisotopic (exact) mass is 369 g/mol. The second-order valence-electron chi connectivity index (χ2n) is 6.80. The molecule has 3 rings (SSSR count). The molecule has 1 N–H and O–H groups in total. The molecule has 1 aromatic carbocycles. The number of rotatable bonds is 3. The predicted octanol–water partition coefficient (Wildman–Crippen LogP) is 3.61. The van der Waals surface area contributed by atoms with Crippen molar-refractivity contribution in [2.24, 2.45) is 0 Å². The smallest absolute Gasteiger partial charge is 0.310 e. The van der Waals surface area contributed by atoms with Crippen LogP contribution in [0, 0.1) is 5.82 Å². The van der Waals surface area contributed by atoms with E-state index in [0.717, 1.165) is 17.8 Å². The van der Waals surface area contributed by atoms with Gasteiger partial charge in [-0.2, -0.15) is 13.2 Å². The number of hydrogen-bond donors (Lipinski definition) is 1. The lowest BCUT2D eigenvalue weighted by Crippen LogP contribution is -2.36. The lowest BCUT2D eigenvalue weighted by Gasteiger charge is -2.28. The number of nitrogens with one attached hydrogen (secondary N) is 1. The van der Waals surface area contributed by atoms with Crippen LogP contribution in [0.25, 0.3) is 0 Å². The summed E-state index contributed by atoms with van der Waals surface area (Å²) in [6.07, 6.45) is -4.19. The Bertz CT molecular complexity index is 874. The molecule has 1 aromatic heterocycles. The molecule has 1 aliphatic heterocycles. The van der Waals surface area contributed by atoms with Crippen LogP contribution in [-0.4, -0.2) is 21.4 Å². The van der Waals surface area contributed by atoms with Gasteiger partial charge < -0.3 is 4.98 Å². The SMILES string of the molecule is CC(C)c1nc2c(c(=O)[nH]1)CN(Cc1ccc(F)c(C(F)(F)F)c1)CC2. The zero-order valence-corrected chi connectivity index (χ0v) is 14.5. The van der Waals surface area contributed by atoms with E-state index in [1.165, 1.54) is 6.07 Å². The van der Waals surface area contributed by atoms with Crippen LogP contribution in [0.4, 0.5) is 17.6 Å². The van der Waals surface area contributed by atoms with E-state index in [-0.39, 0.29) is 18.0 Å². The van der Waals surface area contributed by atoms with E-state index in [2.05, 4.69) is 9.97 Å². The Labute approximate surface area is 147 Å². The van der Waals surface area contributed by atoms with Gasteiger partial charge in [0.15, 0.2) is 0 Å². The normalized spacial score (nSPS) is 15.3. The Hall–Kier alpha value is -2.22. The maximum atomic E-state index is 13.4. The molecular weight excluding hydrogens is 350 g/mol. The number of fused-ring (bicyclic) bond motifs is 1. The number of nitrogens with zero attached hydrogens (tertiary/aromatic N) is 2. The van der Waals surface area contributed by atoms with Gasteiger partial charge in [-0.25, -0.2) is 9.37 Å². The van der Waals surface area contributed by atoms with Crippen LogP contribution < -0.4 is 5.56 Å². The molecule has 1 aliphatic rings. The highest BCUT2D eigenvalue weighted by Crippen LogP contribution is 2.32. The molecule has 0 bridgehead atoms. The predicted molar refractivity (Wildman–Crippen MR) is 88.2 cm³/mol. The highest BCUT2D eigenvalue weighted by atomic mass is 19.4. The molecule has 0 radical (unpaired) electrons. The van der Waals surface area contributed by atoms with Gasteiger partial charge in [-0.1, -0.05) is 19.9 Å². The molecule has 0 atom stereocenters. The second kappa shape index (κ2) is 6.83. The summed E-state index contributed by atoms with van der Waals surface area (Å²) in [6.45, 7) is 4.95. The first-order chi connectivity index (χ1) is 12.1. The number of benzene rings is 1. The van der Waals surface area contributed by atoms with Crippen molar-refractivity contribution in [3.05, 3.63) is 62.6 Å². The maximum Gasteiger partial charge on any atom is 0.419 e. The average molecular weight is 369 g/mol. The fraction of sp³-hybridized carbons (Fsp3) is 0.444.